The molecule has 0 unspecified atom stereocenters. The Bertz CT molecular complexity index is 898. The molecule has 2 aromatic rings. The van der Waals surface area contributed by atoms with Crippen LogP contribution in [0.1, 0.15) is 19.4 Å². The predicted molar refractivity (Wildman–Crippen MR) is 93.9 cm³/mol. The minimum atomic E-state index is -4.71. The van der Waals surface area contributed by atoms with Crippen LogP contribution in [0.3, 0.4) is 0 Å². The summed E-state index contributed by atoms with van der Waals surface area (Å²) in [6.45, 7) is 3.52. The molecule has 0 fully saturated rings. The number of halogens is 4. The van der Waals surface area contributed by atoms with Gasteiger partial charge in [0.25, 0.3) is 10.0 Å². The van der Waals surface area contributed by atoms with Crippen LogP contribution in [0.4, 0.5) is 18.9 Å². The van der Waals surface area contributed by atoms with Gasteiger partial charge in [-0.1, -0.05) is 31.5 Å². The van der Waals surface area contributed by atoms with Crippen molar-refractivity contribution in [2.45, 2.75) is 24.9 Å². The summed E-state index contributed by atoms with van der Waals surface area (Å²) < 4.78 is 66.1. The third kappa shape index (κ3) is 4.42. The van der Waals surface area contributed by atoms with E-state index in [0.717, 1.165) is 16.4 Å². The van der Waals surface area contributed by atoms with Gasteiger partial charge in [0.1, 0.15) is 10.6 Å². The highest BCUT2D eigenvalue weighted by atomic mass is 35.5. The van der Waals surface area contributed by atoms with Crippen LogP contribution in [0.25, 0.3) is 0 Å². The number of sulfonamides is 1. The summed E-state index contributed by atoms with van der Waals surface area (Å²) in [6, 6.07) is 7.63. The van der Waals surface area contributed by atoms with E-state index >= 15 is 0 Å². The molecule has 0 aliphatic rings. The normalized spacial score (nSPS) is 12.4. The van der Waals surface area contributed by atoms with Crippen LogP contribution < -0.4 is 4.31 Å². The van der Waals surface area contributed by atoms with Gasteiger partial charge in [-0.3, -0.25) is 4.31 Å². The third-order valence-corrected chi connectivity index (χ3v) is 5.75. The highest BCUT2D eigenvalue weighted by Crippen LogP contribution is 2.36. The second-order valence-electron chi connectivity index (χ2n) is 6.09. The van der Waals surface area contributed by atoms with Gasteiger partial charge in [0.05, 0.1) is 16.3 Å². The first-order valence-corrected chi connectivity index (χ1v) is 9.43. The van der Waals surface area contributed by atoms with E-state index in [-0.39, 0.29) is 28.9 Å². The third-order valence-electron chi connectivity index (χ3n) is 3.48. The lowest BCUT2D eigenvalue weighted by atomic mass is 10.2. The number of rotatable bonds is 5. The second-order valence-corrected chi connectivity index (χ2v) is 8.33. The van der Waals surface area contributed by atoms with E-state index in [2.05, 4.69) is 0 Å². The predicted octanol–water partition coefficient (Wildman–Crippen LogP) is 4.92. The number of hydrogen-bond acceptors (Lipinski definition) is 3. The molecule has 0 aliphatic carbocycles. The van der Waals surface area contributed by atoms with E-state index in [1.54, 1.807) is 13.8 Å². The number of phenolic OH excluding ortho intramolecular Hbond substituents is 1. The molecule has 0 aliphatic heterocycles. The van der Waals surface area contributed by atoms with Crippen molar-refractivity contribution < 1.29 is 26.7 Å². The summed E-state index contributed by atoms with van der Waals surface area (Å²) in [6.07, 6.45) is -4.71. The Kier molecular flexibility index (Phi) is 5.77. The first-order valence-electron chi connectivity index (χ1n) is 7.61. The lowest BCUT2D eigenvalue weighted by Gasteiger charge is -2.27. The van der Waals surface area contributed by atoms with Gasteiger partial charge in [-0.15, -0.1) is 0 Å². The van der Waals surface area contributed by atoms with Crippen molar-refractivity contribution in [3.8, 4) is 5.75 Å². The number of phenols is 1. The molecule has 26 heavy (non-hydrogen) atoms. The molecule has 0 amide bonds. The summed E-state index contributed by atoms with van der Waals surface area (Å²) in [7, 11) is -4.39. The van der Waals surface area contributed by atoms with E-state index < -0.39 is 26.7 Å². The molecule has 142 valence electrons. The van der Waals surface area contributed by atoms with Crippen LogP contribution in [0.15, 0.2) is 47.4 Å². The molecule has 0 spiro atoms. The average Bonchev–Trinajstić information content (AvgIpc) is 2.51. The molecule has 0 bridgehead atoms. The van der Waals surface area contributed by atoms with Gasteiger partial charge in [-0.05, 0) is 36.2 Å². The number of aromatic hydroxyl groups is 1. The highest BCUT2D eigenvalue weighted by molar-refractivity contribution is 7.93. The smallest absolute Gasteiger partial charge is 0.416 e. The van der Waals surface area contributed by atoms with E-state index in [0.29, 0.717) is 6.07 Å². The zero-order chi connectivity index (χ0) is 19.7. The molecule has 0 radical (unpaired) electrons. The molecular formula is C17H17ClF3NO3S. The number of hydrogen-bond donors (Lipinski definition) is 1. The maximum atomic E-state index is 13.1. The van der Waals surface area contributed by atoms with Crippen LogP contribution in [0.5, 0.6) is 5.75 Å². The molecule has 2 rings (SSSR count). The van der Waals surface area contributed by atoms with Gasteiger partial charge in [0, 0.05) is 12.6 Å². The monoisotopic (exact) mass is 407 g/mol. The van der Waals surface area contributed by atoms with Crippen molar-refractivity contribution in [2.24, 2.45) is 5.92 Å². The molecule has 9 heteroatoms. The molecule has 0 aromatic heterocycles. The number of alkyl halides is 3. The summed E-state index contributed by atoms with van der Waals surface area (Å²) in [5, 5.41) is 9.33. The minimum Gasteiger partial charge on any atom is -0.508 e. The number of nitrogens with zero attached hydrogens (tertiary/aromatic N) is 1. The van der Waals surface area contributed by atoms with Crippen LogP contribution in [0, 0.1) is 5.92 Å². The van der Waals surface area contributed by atoms with Gasteiger partial charge in [0.15, 0.2) is 0 Å². The Labute approximate surface area is 154 Å². The quantitative estimate of drug-likeness (QED) is 0.765. The van der Waals surface area contributed by atoms with Gasteiger partial charge in [-0.2, -0.15) is 13.2 Å². The van der Waals surface area contributed by atoms with Gasteiger partial charge < -0.3 is 5.11 Å². The Morgan fingerprint density at radius 3 is 2.35 bits per heavy atom. The molecular weight excluding hydrogens is 391 g/mol. The van der Waals surface area contributed by atoms with Crippen LogP contribution in [0.2, 0.25) is 5.02 Å². The summed E-state index contributed by atoms with van der Waals surface area (Å²) >= 11 is 5.91. The zero-order valence-corrected chi connectivity index (χ0v) is 15.5. The fourth-order valence-corrected chi connectivity index (χ4v) is 4.44. The largest absolute Gasteiger partial charge is 0.508 e. The van der Waals surface area contributed by atoms with E-state index in [9.17, 15) is 26.7 Å². The minimum absolute atomic E-state index is 0.00163. The Morgan fingerprint density at radius 2 is 1.81 bits per heavy atom. The van der Waals surface area contributed by atoms with Crippen molar-refractivity contribution in [3.63, 3.8) is 0 Å². The van der Waals surface area contributed by atoms with Crippen molar-refractivity contribution in [1.82, 2.24) is 0 Å². The molecule has 0 heterocycles. The Balaban J connectivity index is 2.64. The SMILES string of the molecule is CC(C)CN(c1cccc(O)c1)S(=O)(=O)c1cc(C(F)(F)F)ccc1Cl. The van der Waals surface area contributed by atoms with Crippen molar-refractivity contribution >= 4 is 27.3 Å². The van der Waals surface area contributed by atoms with E-state index in [1.807, 2.05) is 0 Å². The van der Waals surface area contributed by atoms with Gasteiger partial charge in [-0.25, -0.2) is 8.42 Å². The Hall–Kier alpha value is -1.93. The molecule has 0 saturated carbocycles. The Morgan fingerprint density at radius 1 is 1.15 bits per heavy atom. The summed E-state index contributed by atoms with van der Waals surface area (Å²) in [5.74, 6) is -0.293. The molecule has 0 saturated heterocycles. The number of benzene rings is 2. The van der Waals surface area contributed by atoms with E-state index in [1.165, 1.54) is 24.3 Å². The van der Waals surface area contributed by atoms with E-state index in [4.69, 9.17) is 11.6 Å². The zero-order valence-electron chi connectivity index (χ0n) is 14.0. The van der Waals surface area contributed by atoms with Crippen LogP contribution in [-0.2, 0) is 16.2 Å². The van der Waals surface area contributed by atoms with Crippen molar-refractivity contribution in [3.05, 3.63) is 53.1 Å². The second kappa shape index (κ2) is 7.36. The highest BCUT2D eigenvalue weighted by Gasteiger charge is 2.34. The van der Waals surface area contributed by atoms with Crippen LogP contribution in [-0.4, -0.2) is 20.1 Å². The lowest BCUT2D eigenvalue weighted by molar-refractivity contribution is -0.137. The summed E-state index contributed by atoms with van der Waals surface area (Å²) in [5.41, 5.74) is -0.979. The van der Waals surface area contributed by atoms with Gasteiger partial charge >= 0.3 is 6.18 Å². The average molecular weight is 408 g/mol. The fraction of sp³-hybridized carbons (Fsp3) is 0.294. The molecule has 1 N–H and O–H groups in total. The first kappa shape index (κ1) is 20.4. The van der Waals surface area contributed by atoms with Crippen molar-refractivity contribution in [2.75, 3.05) is 10.8 Å². The molecule has 0 atom stereocenters. The topological polar surface area (TPSA) is 57.6 Å². The standard InChI is InChI=1S/C17H17ClF3NO3S/c1-11(2)10-22(13-4-3-5-14(23)9-13)26(24,25)16-8-12(17(19,20)21)6-7-15(16)18/h3-9,11,23H,10H2,1-2H3. The molecule has 4 nitrogen and oxygen atoms in total. The first-order chi connectivity index (χ1) is 11.9. The van der Waals surface area contributed by atoms with Gasteiger partial charge in [0.2, 0.25) is 0 Å². The molecule has 2 aromatic carbocycles. The fourth-order valence-electron chi connectivity index (χ4n) is 2.32. The summed E-state index contributed by atoms with van der Waals surface area (Å²) in [4.78, 5) is -0.641. The number of anilines is 1. The lowest BCUT2D eigenvalue weighted by Crippen LogP contribution is -2.34. The van der Waals surface area contributed by atoms with Crippen LogP contribution >= 0.6 is 11.6 Å². The van der Waals surface area contributed by atoms with Crippen molar-refractivity contribution in [1.29, 1.82) is 0 Å². The maximum absolute atomic E-state index is 13.1. The maximum Gasteiger partial charge on any atom is 0.416 e.